The maximum atomic E-state index is 6.98. The molecule has 4 aliphatic carbocycles. The Morgan fingerprint density at radius 1 is 1.02 bits per heavy atom. The van der Waals surface area contributed by atoms with Crippen molar-refractivity contribution >= 4 is 8.32 Å². The topological polar surface area (TPSA) is 27.7 Å². The van der Waals surface area contributed by atoms with E-state index in [4.69, 9.17) is 13.9 Å². The highest BCUT2D eigenvalue weighted by molar-refractivity contribution is 6.74. The molecule has 0 amide bonds. The first kappa shape index (κ1) is 31.0. The minimum Gasteiger partial charge on any atom is -0.414 e. The van der Waals surface area contributed by atoms with Gasteiger partial charge in [-0.25, -0.2) is 0 Å². The van der Waals surface area contributed by atoms with E-state index in [9.17, 15) is 0 Å². The van der Waals surface area contributed by atoms with Crippen molar-refractivity contribution in [1.82, 2.24) is 0 Å². The first-order valence-electron chi connectivity index (χ1n) is 17.2. The zero-order chi connectivity index (χ0) is 28.8. The van der Waals surface area contributed by atoms with Crippen LogP contribution in [-0.4, -0.2) is 33.9 Å². The van der Waals surface area contributed by atoms with Gasteiger partial charge in [-0.15, -0.1) is 0 Å². The Bertz CT molecular complexity index is 940. The molecule has 3 saturated carbocycles. The van der Waals surface area contributed by atoms with Gasteiger partial charge < -0.3 is 13.9 Å². The van der Waals surface area contributed by atoms with Gasteiger partial charge in [0.2, 0.25) is 0 Å². The van der Waals surface area contributed by atoms with Crippen molar-refractivity contribution in [2.45, 2.75) is 156 Å². The summed E-state index contributed by atoms with van der Waals surface area (Å²) in [5.41, 5.74) is 4.33. The molecule has 0 aromatic heterocycles. The van der Waals surface area contributed by atoms with Gasteiger partial charge in [0, 0.05) is 19.3 Å². The van der Waals surface area contributed by atoms with Crippen LogP contribution in [0.2, 0.25) is 18.1 Å². The minimum atomic E-state index is -1.73. The average molecular weight is 571 g/mol. The van der Waals surface area contributed by atoms with Crippen molar-refractivity contribution in [3.05, 3.63) is 23.3 Å². The average Bonchev–Trinajstić information content (AvgIpc) is 3.20. The highest BCUT2D eigenvalue weighted by atomic mass is 28.4. The van der Waals surface area contributed by atoms with E-state index in [1.54, 1.807) is 11.1 Å². The first-order valence-corrected chi connectivity index (χ1v) is 20.1. The number of hydrogen-bond donors (Lipinski definition) is 0. The van der Waals surface area contributed by atoms with Crippen LogP contribution in [0.25, 0.3) is 0 Å². The lowest BCUT2D eigenvalue weighted by molar-refractivity contribution is -0.162. The number of unbranched alkanes of at least 4 members (excludes halogenated alkanes) is 1. The van der Waals surface area contributed by atoms with Crippen molar-refractivity contribution in [2.75, 3.05) is 13.2 Å². The molecule has 5 aliphatic rings. The molecule has 40 heavy (non-hydrogen) atoms. The quantitative estimate of drug-likeness (QED) is 0.165. The summed E-state index contributed by atoms with van der Waals surface area (Å²) in [5, 5.41) is 0.283. The molecule has 4 heteroatoms. The molecule has 1 saturated heterocycles. The van der Waals surface area contributed by atoms with Crippen LogP contribution in [0.3, 0.4) is 0 Å². The molecule has 4 fully saturated rings. The Labute approximate surface area is 248 Å². The number of rotatable bonds is 8. The fourth-order valence-corrected chi connectivity index (χ4v) is 11.1. The van der Waals surface area contributed by atoms with Crippen molar-refractivity contribution in [3.8, 4) is 0 Å². The molecule has 0 aromatic rings. The molecule has 1 unspecified atom stereocenters. The highest BCUT2D eigenvalue weighted by Gasteiger charge is 2.59. The Hall–Kier alpha value is -0.423. The highest BCUT2D eigenvalue weighted by Crippen LogP contribution is 2.68. The SMILES string of the molecule is C/C=C1/C[C@@H](CCCCOC2CCCCO2)[C@H]2[C@@H]3CC=C4C[C@@H](O[Si](C)(C)C(C)(C)C)CC[C@]4(C)[C@H]3CC[C@]12C. The summed E-state index contributed by atoms with van der Waals surface area (Å²) in [6, 6.07) is 0. The Balaban J connectivity index is 1.25. The Morgan fingerprint density at radius 3 is 2.50 bits per heavy atom. The third kappa shape index (κ3) is 5.87. The fraction of sp³-hybridized carbons (Fsp3) is 0.889. The minimum absolute atomic E-state index is 0.0589. The smallest absolute Gasteiger partial charge is 0.192 e. The number of hydrogen-bond acceptors (Lipinski definition) is 3. The molecule has 0 N–H and O–H groups in total. The molecular formula is C36H62O3Si. The predicted molar refractivity (Wildman–Crippen MR) is 170 cm³/mol. The summed E-state index contributed by atoms with van der Waals surface area (Å²) in [5.74, 6) is 3.38. The summed E-state index contributed by atoms with van der Waals surface area (Å²) >= 11 is 0. The van der Waals surface area contributed by atoms with Crippen LogP contribution in [0.1, 0.15) is 125 Å². The standard InChI is InChI=1S/C36H62O3Si/c1-9-27-24-26(14-10-12-22-37-32-15-11-13-23-38-32)33-30-17-16-28-25-29(39-40(7,8)34(2,3)4)18-20-35(28,5)31(30)19-21-36(27,33)6/h9,16,26,29-33H,10-15,17-25H2,1-8H3/b27-9-/t26-,29+,30-,31+,32?,33+,35+,36-/m1/s1. The van der Waals surface area contributed by atoms with Gasteiger partial charge in [-0.1, -0.05) is 64.3 Å². The molecular weight excluding hydrogens is 508 g/mol. The molecule has 0 radical (unpaired) electrons. The van der Waals surface area contributed by atoms with E-state index < -0.39 is 8.32 Å². The van der Waals surface area contributed by atoms with Crippen LogP contribution in [0, 0.1) is 34.5 Å². The van der Waals surface area contributed by atoms with Crippen LogP contribution in [0.15, 0.2) is 23.3 Å². The molecule has 228 valence electrons. The van der Waals surface area contributed by atoms with Crippen molar-refractivity contribution in [2.24, 2.45) is 34.5 Å². The van der Waals surface area contributed by atoms with E-state index >= 15 is 0 Å². The van der Waals surface area contributed by atoms with Gasteiger partial charge in [0.15, 0.2) is 14.6 Å². The largest absolute Gasteiger partial charge is 0.414 e. The Morgan fingerprint density at radius 2 is 1.80 bits per heavy atom. The normalized spacial score (nSPS) is 41.3. The number of allylic oxidation sites excluding steroid dienone is 3. The molecule has 0 spiro atoms. The summed E-state index contributed by atoms with van der Waals surface area (Å²) in [7, 11) is -1.73. The van der Waals surface area contributed by atoms with E-state index in [1.165, 1.54) is 77.0 Å². The van der Waals surface area contributed by atoms with Gasteiger partial charge in [0.1, 0.15) is 0 Å². The van der Waals surface area contributed by atoms with Gasteiger partial charge in [-0.2, -0.15) is 0 Å². The van der Waals surface area contributed by atoms with E-state index in [2.05, 4.69) is 66.8 Å². The summed E-state index contributed by atoms with van der Waals surface area (Å²) < 4.78 is 18.8. The van der Waals surface area contributed by atoms with Crippen LogP contribution < -0.4 is 0 Å². The van der Waals surface area contributed by atoms with Crippen molar-refractivity contribution in [1.29, 1.82) is 0 Å². The second-order valence-corrected chi connectivity index (χ2v) is 21.1. The Kier molecular flexibility index (Phi) is 9.25. The molecule has 0 bridgehead atoms. The van der Waals surface area contributed by atoms with Gasteiger partial charge in [-0.3, -0.25) is 0 Å². The van der Waals surface area contributed by atoms with Crippen LogP contribution in [0.5, 0.6) is 0 Å². The van der Waals surface area contributed by atoms with E-state index in [0.29, 0.717) is 16.9 Å². The van der Waals surface area contributed by atoms with Gasteiger partial charge in [-0.05, 0) is 137 Å². The van der Waals surface area contributed by atoms with Crippen LogP contribution in [-0.2, 0) is 13.9 Å². The summed E-state index contributed by atoms with van der Waals surface area (Å²) in [6.45, 7) is 21.4. The van der Waals surface area contributed by atoms with E-state index in [0.717, 1.165) is 43.3 Å². The van der Waals surface area contributed by atoms with Crippen molar-refractivity contribution < 1.29 is 13.9 Å². The zero-order valence-electron chi connectivity index (χ0n) is 27.5. The predicted octanol–water partition coefficient (Wildman–Crippen LogP) is 10.2. The van der Waals surface area contributed by atoms with E-state index in [1.807, 2.05) is 0 Å². The van der Waals surface area contributed by atoms with Gasteiger partial charge in [0.05, 0.1) is 0 Å². The van der Waals surface area contributed by atoms with Crippen LogP contribution in [0.4, 0.5) is 0 Å². The number of ether oxygens (including phenoxy) is 2. The third-order valence-electron chi connectivity index (χ3n) is 13.1. The van der Waals surface area contributed by atoms with Gasteiger partial charge >= 0.3 is 0 Å². The van der Waals surface area contributed by atoms with Crippen molar-refractivity contribution in [3.63, 3.8) is 0 Å². The lowest BCUT2D eigenvalue weighted by Crippen LogP contribution is -2.52. The second kappa shape index (κ2) is 11.9. The lowest BCUT2D eigenvalue weighted by Gasteiger charge is -2.58. The molecule has 1 aliphatic heterocycles. The lowest BCUT2D eigenvalue weighted by atomic mass is 9.47. The summed E-state index contributed by atoms with van der Waals surface area (Å²) in [6.07, 6.45) is 22.3. The van der Waals surface area contributed by atoms with Gasteiger partial charge in [0.25, 0.3) is 0 Å². The summed E-state index contributed by atoms with van der Waals surface area (Å²) in [4.78, 5) is 0. The fourth-order valence-electron chi connectivity index (χ4n) is 9.76. The van der Waals surface area contributed by atoms with Crippen LogP contribution >= 0.6 is 0 Å². The molecule has 8 atom stereocenters. The molecule has 5 rings (SSSR count). The monoisotopic (exact) mass is 570 g/mol. The third-order valence-corrected chi connectivity index (χ3v) is 17.6. The molecule has 1 heterocycles. The maximum Gasteiger partial charge on any atom is 0.192 e. The second-order valence-electron chi connectivity index (χ2n) is 16.3. The maximum absolute atomic E-state index is 6.98. The number of fused-ring (bicyclic) bond motifs is 5. The molecule has 0 aromatic carbocycles. The van der Waals surface area contributed by atoms with E-state index in [-0.39, 0.29) is 11.3 Å². The zero-order valence-corrected chi connectivity index (χ0v) is 28.5. The first-order chi connectivity index (χ1) is 18.9. The molecule has 3 nitrogen and oxygen atoms in total.